The second kappa shape index (κ2) is 7.64. The van der Waals surface area contributed by atoms with E-state index in [0.29, 0.717) is 17.1 Å². The highest BCUT2D eigenvalue weighted by atomic mass is 35.5. The van der Waals surface area contributed by atoms with E-state index in [2.05, 4.69) is 17.1 Å². The summed E-state index contributed by atoms with van der Waals surface area (Å²) in [5, 5.41) is 3.76. The van der Waals surface area contributed by atoms with Gasteiger partial charge in [0, 0.05) is 30.2 Å². The van der Waals surface area contributed by atoms with Crippen LogP contribution < -0.4 is 5.32 Å². The normalized spacial score (nSPS) is 11.1. The zero-order chi connectivity index (χ0) is 12.7. The molecule has 17 heavy (non-hydrogen) atoms. The van der Waals surface area contributed by atoms with Crippen molar-refractivity contribution in [3.05, 3.63) is 34.6 Å². The average molecular weight is 259 g/mol. The molecule has 1 rings (SSSR count). The molecule has 0 saturated carbocycles. The fourth-order valence-corrected chi connectivity index (χ4v) is 1.75. The third-order valence-corrected chi connectivity index (χ3v) is 2.79. The monoisotopic (exact) mass is 258 g/mol. The fourth-order valence-electron chi connectivity index (χ4n) is 1.59. The van der Waals surface area contributed by atoms with Crippen LogP contribution in [0.1, 0.15) is 18.9 Å². The zero-order valence-electron chi connectivity index (χ0n) is 10.5. The van der Waals surface area contributed by atoms with E-state index in [1.54, 1.807) is 12.1 Å². The number of benzene rings is 1. The topological polar surface area (TPSA) is 15.3 Å². The van der Waals surface area contributed by atoms with Gasteiger partial charge in [0.05, 0.1) is 0 Å². The Morgan fingerprint density at radius 2 is 2.12 bits per heavy atom. The van der Waals surface area contributed by atoms with Crippen LogP contribution >= 0.6 is 11.6 Å². The lowest BCUT2D eigenvalue weighted by Gasteiger charge is -2.17. The van der Waals surface area contributed by atoms with Crippen molar-refractivity contribution in [1.82, 2.24) is 10.2 Å². The molecule has 2 nitrogen and oxygen atoms in total. The second-order valence-electron chi connectivity index (χ2n) is 4.22. The Morgan fingerprint density at radius 3 is 2.76 bits per heavy atom. The Labute approximate surface area is 108 Å². The first kappa shape index (κ1) is 14.4. The van der Waals surface area contributed by atoms with Crippen LogP contribution in [-0.2, 0) is 6.54 Å². The lowest BCUT2D eigenvalue weighted by Crippen LogP contribution is -2.29. The van der Waals surface area contributed by atoms with E-state index >= 15 is 0 Å². The Hall–Kier alpha value is -0.640. The van der Waals surface area contributed by atoms with E-state index in [-0.39, 0.29) is 5.82 Å². The number of likely N-dealkylation sites (N-methyl/N-ethyl adjacent to an activating group) is 1. The molecule has 0 aliphatic heterocycles. The lowest BCUT2D eigenvalue weighted by molar-refractivity contribution is 0.319. The van der Waals surface area contributed by atoms with Crippen molar-refractivity contribution in [1.29, 1.82) is 0 Å². The van der Waals surface area contributed by atoms with E-state index in [1.165, 1.54) is 6.07 Å². The summed E-state index contributed by atoms with van der Waals surface area (Å²) in [5.74, 6) is -0.231. The Morgan fingerprint density at radius 1 is 1.35 bits per heavy atom. The maximum Gasteiger partial charge on any atom is 0.129 e. The van der Waals surface area contributed by atoms with Crippen molar-refractivity contribution in [3.8, 4) is 0 Å². The van der Waals surface area contributed by atoms with Crippen molar-refractivity contribution in [2.75, 3.05) is 26.7 Å². The van der Waals surface area contributed by atoms with Gasteiger partial charge < -0.3 is 10.2 Å². The molecule has 0 aromatic heterocycles. The molecule has 0 aliphatic rings. The van der Waals surface area contributed by atoms with Crippen LogP contribution in [0.25, 0.3) is 0 Å². The Bertz CT molecular complexity index is 344. The van der Waals surface area contributed by atoms with Crippen molar-refractivity contribution in [2.45, 2.75) is 19.9 Å². The molecule has 1 aromatic rings. The molecule has 0 spiro atoms. The number of hydrogen-bond acceptors (Lipinski definition) is 2. The van der Waals surface area contributed by atoms with Crippen LogP contribution in [0.15, 0.2) is 18.2 Å². The average Bonchev–Trinajstić information content (AvgIpc) is 2.28. The summed E-state index contributed by atoms with van der Waals surface area (Å²) in [7, 11) is 1.99. The molecule has 0 saturated heterocycles. The summed E-state index contributed by atoms with van der Waals surface area (Å²) in [6.45, 7) is 5.61. The van der Waals surface area contributed by atoms with Crippen LogP contribution in [0.3, 0.4) is 0 Å². The summed E-state index contributed by atoms with van der Waals surface area (Å²) < 4.78 is 13.5. The largest absolute Gasteiger partial charge is 0.315 e. The number of nitrogens with one attached hydrogen (secondary N) is 1. The van der Waals surface area contributed by atoms with Crippen LogP contribution in [-0.4, -0.2) is 31.6 Å². The molecule has 0 radical (unpaired) electrons. The maximum atomic E-state index is 13.5. The molecule has 0 aliphatic carbocycles. The van der Waals surface area contributed by atoms with Crippen LogP contribution in [0.5, 0.6) is 0 Å². The van der Waals surface area contributed by atoms with E-state index < -0.39 is 0 Å². The molecular formula is C13H20ClFN2. The highest BCUT2D eigenvalue weighted by molar-refractivity contribution is 6.30. The summed E-state index contributed by atoms with van der Waals surface area (Å²) >= 11 is 5.71. The molecule has 0 fully saturated rings. The standard InChI is InChI=1S/C13H20ClFN2/c1-3-6-16-7-8-17(2)10-11-4-5-12(14)9-13(11)15/h4-5,9,16H,3,6-8,10H2,1-2H3. The van der Waals surface area contributed by atoms with Gasteiger partial charge >= 0.3 is 0 Å². The van der Waals surface area contributed by atoms with Gasteiger partial charge in [-0.3, -0.25) is 0 Å². The van der Waals surface area contributed by atoms with Crippen LogP contribution in [0.2, 0.25) is 5.02 Å². The Kier molecular flexibility index (Phi) is 6.48. The van der Waals surface area contributed by atoms with Crippen LogP contribution in [0.4, 0.5) is 4.39 Å². The molecule has 1 N–H and O–H groups in total. The van der Waals surface area contributed by atoms with Crippen molar-refractivity contribution >= 4 is 11.6 Å². The maximum absolute atomic E-state index is 13.5. The van der Waals surface area contributed by atoms with E-state index in [4.69, 9.17) is 11.6 Å². The third-order valence-electron chi connectivity index (χ3n) is 2.55. The summed E-state index contributed by atoms with van der Waals surface area (Å²) in [6, 6.07) is 4.83. The van der Waals surface area contributed by atoms with Gasteiger partial charge in [0.15, 0.2) is 0 Å². The second-order valence-corrected chi connectivity index (χ2v) is 4.66. The number of hydrogen-bond donors (Lipinski definition) is 1. The predicted octanol–water partition coefficient (Wildman–Crippen LogP) is 2.91. The minimum Gasteiger partial charge on any atom is -0.315 e. The van der Waals surface area contributed by atoms with Crippen molar-refractivity contribution < 1.29 is 4.39 Å². The molecule has 0 atom stereocenters. The minimum atomic E-state index is -0.231. The van der Waals surface area contributed by atoms with Crippen LogP contribution in [0, 0.1) is 5.82 Å². The van der Waals surface area contributed by atoms with Gasteiger partial charge in [0.1, 0.15) is 5.82 Å². The molecule has 1 aromatic carbocycles. The summed E-state index contributed by atoms with van der Waals surface area (Å²) in [6.07, 6.45) is 1.13. The van der Waals surface area contributed by atoms with Gasteiger partial charge in [-0.2, -0.15) is 0 Å². The lowest BCUT2D eigenvalue weighted by atomic mass is 10.2. The van der Waals surface area contributed by atoms with Crippen molar-refractivity contribution in [3.63, 3.8) is 0 Å². The van der Waals surface area contributed by atoms with Gasteiger partial charge in [-0.25, -0.2) is 4.39 Å². The molecule has 0 bridgehead atoms. The summed E-state index contributed by atoms with van der Waals surface area (Å²) in [4.78, 5) is 2.09. The van der Waals surface area contributed by atoms with E-state index in [9.17, 15) is 4.39 Å². The smallest absolute Gasteiger partial charge is 0.129 e. The highest BCUT2D eigenvalue weighted by Crippen LogP contribution is 2.15. The molecule has 0 unspecified atom stereocenters. The van der Waals surface area contributed by atoms with Gasteiger partial charge in [-0.1, -0.05) is 24.6 Å². The van der Waals surface area contributed by atoms with Gasteiger partial charge in [-0.05, 0) is 32.1 Å². The predicted molar refractivity (Wildman–Crippen MR) is 70.9 cm³/mol. The molecule has 0 heterocycles. The summed E-state index contributed by atoms with van der Waals surface area (Å²) in [5.41, 5.74) is 0.687. The SMILES string of the molecule is CCCNCCN(C)Cc1ccc(Cl)cc1F. The van der Waals surface area contributed by atoms with Gasteiger partial charge in [-0.15, -0.1) is 0 Å². The Balaban J connectivity index is 2.37. The first-order valence-corrected chi connectivity index (χ1v) is 6.34. The number of halogens is 2. The first-order chi connectivity index (χ1) is 8.13. The molecule has 0 amide bonds. The van der Waals surface area contributed by atoms with E-state index in [0.717, 1.165) is 26.1 Å². The van der Waals surface area contributed by atoms with Gasteiger partial charge in [0.2, 0.25) is 0 Å². The zero-order valence-corrected chi connectivity index (χ0v) is 11.2. The first-order valence-electron chi connectivity index (χ1n) is 5.96. The fraction of sp³-hybridized carbons (Fsp3) is 0.538. The number of rotatable bonds is 7. The third kappa shape index (κ3) is 5.48. The molecular weight excluding hydrogens is 239 g/mol. The van der Waals surface area contributed by atoms with Gasteiger partial charge in [0.25, 0.3) is 0 Å². The molecule has 96 valence electrons. The van der Waals surface area contributed by atoms with E-state index in [1.807, 2.05) is 7.05 Å². The highest BCUT2D eigenvalue weighted by Gasteiger charge is 2.05. The minimum absolute atomic E-state index is 0.231. The number of nitrogens with zero attached hydrogens (tertiary/aromatic N) is 1. The molecule has 4 heteroatoms. The quantitative estimate of drug-likeness (QED) is 0.757. The van der Waals surface area contributed by atoms with Crippen molar-refractivity contribution in [2.24, 2.45) is 0 Å².